The Morgan fingerprint density at radius 3 is 2.88 bits per heavy atom. The molecule has 0 amide bonds. The maximum Gasteiger partial charge on any atom is 0.341 e. The van der Waals surface area contributed by atoms with Crippen molar-refractivity contribution in [3.05, 3.63) is 35.8 Å². The topological polar surface area (TPSA) is 69.9 Å². The van der Waals surface area contributed by atoms with Gasteiger partial charge in [-0.1, -0.05) is 0 Å². The van der Waals surface area contributed by atoms with Crippen LogP contribution in [0.2, 0.25) is 0 Å². The Kier molecular flexibility index (Phi) is 3.13. The molecule has 0 spiro atoms. The number of ether oxygens (including phenoxy) is 1. The third-order valence-corrected chi connectivity index (χ3v) is 2.11. The van der Waals surface area contributed by atoms with Crippen LogP contribution in [-0.2, 0) is 4.74 Å². The summed E-state index contributed by atoms with van der Waals surface area (Å²) < 4.78 is 6.35. The van der Waals surface area contributed by atoms with Gasteiger partial charge in [0.05, 0.1) is 24.1 Å². The maximum atomic E-state index is 11.4. The lowest BCUT2D eigenvalue weighted by Crippen LogP contribution is -2.03. The molecule has 6 nitrogen and oxygen atoms in total. The van der Waals surface area contributed by atoms with Crippen LogP contribution in [0.4, 0.5) is 0 Å². The quantitative estimate of drug-likeness (QED) is 0.742. The molecule has 2 aromatic heterocycles. The third-order valence-electron chi connectivity index (χ3n) is 2.11. The molecule has 0 aliphatic carbocycles. The molecule has 0 bridgehead atoms. The van der Waals surface area contributed by atoms with Crippen LogP contribution in [0.15, 0.2) is 24.5 Å². The highest BCUT2D eigenvalue weighted by molar-refractivity contribution is 5.88. The molecule has 0 fully saturated rings. The first kappa shape index (κ1) is 11.3. The molecule has 2 heterocycles. The Labute approximate surface area is 98.2 Å². The van der Waals surface area contributed by atoms with E-state index >= 15 is 0 Å². The molecule has 2 rings (SSSR count). The third kappa shape index (κ3) is 2.47. The molecule has 0 radical (unpaired) electrons. The van der Waals surface area contributed by atoms with Crippen molar-refractivity contribution in [2.45, 2.75) is 13.8 Å². The Morgan fingerprint density at radius 1 is 1.41 bits per heavy atom. The van der Waals surface area contributed by atoms with Crippen molar-refractivity contribution in [3.8, 4) is 5.82 Å². The van der Waals surface area contributed by atoms with E-state index in [9.17, 15) is 4.79 Å². The van der Waals surface area contributed by atoms with Gasteiger partial charge in [0, 0.05) is 6.20 Å². The fourth-order valence-electron chi connectivity index (χ4n) is 1.28. The van der Waals surface area contributed by atoms with Gasteiger partial charge < -0.3 is 4.74 Å². The van der Waals surface area contributed by atoms with Crippen molar-refractivity contribution in [2.24, 2.45) is 0 Å². The van der Waals surface area contributed by atoms with Crippen molar-refractivity contribution >= 4 is 5.97 Å². The summed E-state index contributed by atoms with van der Waals surface area (Å²) in [6, 6.07) is 3.61. The fraction of sp³-hybridized carbons (Fsp3) is 0.273. The lowest BCUT2D eigenvalue weighted by molar-refractivity contribution is 0.0526. The highest BCUT2D eigenvalue weighted by Crippen LogP contribution is 2.06. The molecule has 0 aliphatic rings. The molecule has 2 aromatic rings. The van der Waals surface area contributed by atoms with E-state index in [0.717, 1.165) is 5.69 Å². The first-order valence-electron chi connectivity index (χ1n) is 5.23. The number of hydrogen-bond acceptors (Lipinski definition) is 5. The summed E-state index contributed by atoms with van der Waals surface area (Å²) in [7, 11) is 0. The van der Waals surface area contributed by atoms with Crippen LogP contribution >= 0.6 is 0 Å². The summed E-state index contributed by atoms with van der Waals surface area (Å²) >= 11 is 0. The second kappa shape index (κ2) is 4.73. The predicted molar refractivity (Wildman–Crippen MR) is 59.8 cm³/mol. The van der Waals surface area contributed by atoms with Gasteiger partial charge in [-0.05, 0) is 26.0 Å². The predicted octanol–water partition coefficient (Wildman–Crippen LogP) is 1.15. The average Bonchev–Trinajstić information content (AvgIpc) is 2.80. The lowest BCUT2D eigenvalue weighted by Gasteiger charge is -1.99. The number of rotatable bonds is 3. The van der Waals surface area contributed by atoms with Crippen LogP contribution in [0, 0.1) is 6.92 Å². The molecule has 0 N–H and O–H groups in total. The van der Waals surface area contributed by atoms with Gasteiger partial charge in [-0.15, -0.1) is 5.10 Å². The second-order valence-corrected chi connectivity index (χ2v) is 3.43. The van der Waals surface area contributed by atoms with Gasteiger partial charge in [-0.25, -0.2) is 9.48 Å². The first-order valence-corrected chi connectivity index (χ1v) is 5.23. The molecule has 0 aromatic carbocycles. The van der Waals surface area contributed by atoms with Gasteiger partial charge >= 0.3 is 5.97 Å². The van der Waals surface area contributed by atoms with E-state index in [0.29, 0.717) is 18.0 Å². The van der Waals surface area contributed by atoms with E-state index < -0.39 is 0 Å². The van der Waals surface area contributed by atoms with Crippen molar-refractivity contribution in [3.63, 3.8) is 0 Å². The summed E-state index contributed by atoms with van der Waals surface area (Å²) in [6.07, 6.45) is 3.01. The number of esters is 1. The number of nitrogens with zero attached hydrogens (tertiary/aromatic N) is 4. The van der Waals surface area contributed by atoms with Gasteiger partial charge in [0.15, 0.2) is 5.82 Å². The second-order valence-electron chi connectivity index (χ2n) is 3.43. The van der Waals surface area contributed by atoms with Crippen molar-refractivity contribution in [1.82, 2.24) is 20.0 Å². The van der Waals surface area contributed by atoms with E-state index in [1.165, 1.54) is 10.9 Å². The van der Waals surface area contributed by atoms with E-state index in [4.69, 9.17) is 4.74 Å². The van der Waals surface area contributed by atoms with Gasteiger partial charge in [0.1, 0.15) is 0 Å². The Hall–Kier alpha value is -2.24. The van der Waals surface area contributed by atoms with E-state index in [-0.39, 0.29) is 5.97 Å². The zero-order valence-corrected chi connectivity index (χ0v) is 9.62. The molecular weight excluding hydrogens is 220 g/mol. The molecule has 17 heavy (non-hydrogen) atoms. The SMILES string of the molecule is CCOC(=O)c1cnn(-c2ccc(C)nn2)c1. The monoisotopic (exact) mass is 232 g/mol. The van der Waals surface area contributed by atoms with Gasteiger partial charge in [-0.2, -0.15) is 10.2 Å². The summed E-state index contributed by atoms with van der Waals surface area (Å²) in [6.45, 7) is 3.95. The van der Waals surface area contributed by atoms with Crippen LogP contribution in [0.1, 0.15) is 23.0 Å². The summed E-state index contributed by atoms with van der Waals surface area (Å²) in [5.41, 5.74) is 1.22. The number of aromatic nitrogens is 4. The molecule has 0 saturated carbocycles. The summed E-state index contributed by atoms with van der Waals surface area (Å²) in [5.74, 6) is 0.171. The Bertz CT molecular complexity index is 519. The molecule has 0 atom stereocenters. The van der Waals surface area contributed by atoms with Crippen molar-refractivity contribution in [2.75, 3.05) is 6.61 Å². The Morgan fingerprint density at radius 2 is 2.24 bits per heavy atom. The highest BCUT2D eigenvalue weighted by atomic mass is 16.5. The van der Waals surface area contributed by atoms with Gasteiger partial charge in [0.25, 0.3) is 0 Å². The maximum absolute atomic E-state index is 11.4. The molecular formula is C11H12N4O2. The molecule has 0 aliphatic heterocycles. The summed E-state index contributed by atoms with van der Waals surface area (Å²) in [4.78, 5) is 11.4. The van der Waals surface area contributed by atoms with Crippen LogP contribution in [0.3, 0.4) is 0 Å². The van der Waals surface area contributed by atoms with Crippen molar-refractivity contribution in [1.29, 1.82) is 0 Å². The minimum absolute atomic E-state index is 0.342. The van der Waals surface area contributed by atoms with Crippen LogP contribution in [0.5, 0.6) is 0 Å². The number of hydrogen-bond donors (Lipinski definition) is 0. The largest absolute Gasteiger partial charge is 0.462 e. The van der Waals surface area contributed by atoms with E-state index in [2.05, 4.69) is 15.3 Å². The highest BCUT2D eigenvalue weighted by Gasteiger charge is 2.10. The van der Waals surface area contributed by atoms with Crippen LogP contribution < -0.4 is 0 Å². The van der Waals surface area contributed by atoms with Gasteiger partial charge in [-0.3, -0.25) is 0 Å². The lowest BCUT2D eigenvalue weighted by atomic mass is 10.4. The number of aryl methyl sites for hydroxylation is 1. The number of carbonyl (C=O) groups excluding carboxylic acids is 1. The van der Waals surface area contributed by atoms with Crippen LogP contribution in [0.25, 0.3) is 5.82 Å². The van der Waals surface area contributed by atoms with Crippen molar-refractivity contribution < 1.29 is 9.53 Å². The average molecular weight is 232 g/mol. The molecule has 0 unspecified atom stereocenters. The molecule has 6 heteroatoms. The standard InChI is InChI=1S/C11H12N4O2/c1-3-17-11(16)9-6-12-15(7-9)10-5-4-8(2)13-14-10/h4-7H,3H2,1-2H3. The molecule has 0 saturated heterocycles. The minimum Gasteiger partial charge on any atom is -0.462 e. The smallest absolute Gasteiger partial charge is 0.341 e. The van der Waals surface area contributed by atoms with Gasteiger partial charge in [0.2, 0.25) is 0 Å². The Balaban J connectivity index is 2.23. The normalized spacial score (nSPS) is 10.2. The first-order chi connectivity index (χ1) is 8.20. The zero-order valence-electron chi connectivity index (χ0n) is 9.62. The van der Waals surface area contributed by atoms with E-state index in [1.54, 1.807) is 19.2 Å². The summed E-state index contributed by atoms with van der Waals surface area (Å²) in [5, 5.41) is 11.9. The zero-order chi connectivity index (χ0) is 12.3. The minimum atomic E-state index is -0.390. The number of carbonyl (C=O) groups is 1. The van der Waals surface area contributed by atoms with E-state index in [1.807, 2.05) is 13.0 Å². The molecule has 88 valence electrons. The fourth-order valence-corrected chi connectivity index (χ4v) is 1.28. The van der Waals surface area contributed by atoms with Crippen LogP contribution in [-0.4, -0.2) is 32.6 Å².